The zero-order valence-electron chi connectivity index (χ0n) is 16.0. The molecule has 4 nitrogen and oxygen atoms in total. The van der Waals surface area contributed by atoms with Crippen LogP contribution in [0, 0.1) is 0 Å². The molecule has 1 amide bonds. The maximum absolute atomic E-state index is 13.1. The van der Waals surface area contributed by atoms with Crippen molar-refractivity contribution in [3.05, 3.63) is 64.2 Å². The molecule has 1 aliphatic carbocycles. The van der Waals surface area contributed by atoms with Gasteiger partial charge in [0.1, 0.15) is 12.4 Å². The molecule has 0 aromatic heterocycles. The van der Waals surface area contributed by atoms with Gasteiger partial charge in [0.2, 0.25) is 5.91 Å². The summed E-state index contributed by atoms with van der Waals surface area (Å²) in [6, 6.07) is 13.9. The molecule has 0 unspecified atom stereocenters. The van der Waals surface area contributed by atoms with Crippen LogP contribution in [-0.2, 0) is 27.8 Å². The van der Waals surface area contributed by atoms with Gasteiger partial charge in [0, 0.05) is 18.2 Å². The zero-order valence-corrected chi connectivity index (χ0v) is 16.8. The standard InChI is InChI=1S/C23H26ClNO3/c24-20-6-2-5-19(16-20)23(9-12-27-13-10-23)22(26)25-11-14-28-21-8-7-17-3-1-4-18(17)15-21/h2,5-8,15-16H,1,3-4,9-14H2,(H,25,26). The minimum absolute atomic E-state index is 0.0237. The highest BCUT2D eigenvalue weighted by Gasteiger charge is 2.41. The van der Waals surface area contributed by atoms with Crippen molar-refractivity contribution in [2.75, 3.05) is 26.4 Å². The zero-order chi connectivity index (χ0) is 19.4. The third-order valence-corrected chi connectivity index (χ3v) is 6.12. The van der Waals surface area contributed by atoms with E-state index >= 15 is 0 Å². The Bertz CT molecular complexity index is 845. The van der Waals surface area contributed by atoms with E-state index in [2.05, 4.69) is 17.4 Å². The molecule has 28 heavy (non-hydrogen) atoms. The largest absolute Gasteiger partial charge is 0.492 e. The number of aryl methyl sites for hydroxylation is 2. The fourth-order valence-electron chi connectivity index (χ4n) is 4.29. The van der Waals surface area contributed by atoms with Crippen LogP contribution in [0.2, 0.25) is 5.02 Å². The topological polar surface area (TPSA) is 47.6 Å². The van der Waals surface area contributed by atoms with Crippen molar-refractivity contribution in [1.29, 1.82) is 0 Å². The molecule has 2 aromatic carbocycles. The number of carbonyl (C=O) groups excluding carboxylic acids is 1. The summed E-state index contributed by atoms with van der Waals surface area (Å²) in [5.41, 5.74) is 3.20. The number of hydrogen-bond acceptors (Lipinski definition) is 3. The van der Waals surface area contributed by atoms with Crippen LogP contribution in [0.5, 0.6) is 5.75 Å². The summed E-state index contributed by atoms with van der Waals surface area (Å²) in [6.45, 7) is 2.07. The third kappa shape index (κ3) is 4.03. The van der Waals surface area contributed by atoms with E-state index in [1.807, 2.05) is 30.3 Å². The fraction of sp³-hybridized carbons (Fsp3) is 0.435. The monoisotopic (exact) mass is 399 g/mol. The van der Waals surface area contributed by atoms with E-state index in [1.165, 1.54) is 24.0 Å². The molecule has 1 fully saturated rings. The van der Waals surface area contributed by atoms with E-state index in [4.69, 9.17) is 21.1 Å². The van der Waals surface area contributed by atoms with Gasteiger partial charge in [-0.3, -0.25) is 4.79 Å². The second-order valence-corrected chi connectivity index (χ2v) is 8.03. The lowest BCUT2D eigenvalue weighted by Crippen LogP contribution is -2.48. The van der Waals surface area contributed by atoms with Crippen LogP contribution in [-0.4, -0.2) is 32.3 Å². The average molecular weight is 400 g/mol. The Morgan fingerprint density at radius 1 is 1.11 bits per heavy atom. The van der Waals surface area contributed by atoms with Gasteiger partial charge in [0.25, 0.3) is 0 Å². The Morgan fingerprint density at radius 2 is 1.93 bits per heavy atom. The summed E-state index contributed by atoms with van der Waals surface area (Å²) in [4.78, 5) is 13.1. The summed E-state index contributed by atoms with van der Waals surface area (Å²) in [6.07, 6.45) is 4.84. The summed E-state index contributed by atoms with van der Waals surface area (Å²) in [5.74, 6) is 0.904. The Balaban J connectivity index is 1.37. The second kappa shape index (κ2) is 8.54. The fourth-order valence-corrected chi connectivity index (χ4v) is 4.48. The van der Waals surface area contributed by atoms with Gasteiger partial charge >= 0.3 is 0 Å². The van der Waals surface area contributed by atoms with Gasteiger partial charge in [0.05, 0.1) is 12.0 Å². The van der Waals surface area contributed by atoms with Crippen molar-refractivity contribution < 1.29 is 14.3 Å². The van der Waals surface area contributed by atoms with Crippen LogP contribution < -0.4 is 10.1 Å². The molecule has 1 saturated heterocycles. The molecular formula is C23H26ClNO3. The Hall–Kier alpha value is -2.04. The van der Waals surface area contributed by atoms with Gasteiger partial charge in [-0.25, -0.2) is 0 Å². The Morgan fingerprint density at radius 3 is 2.75 bits per heavy atom. The van der Waals surface area contributed by atoms with Gasteiger partial charge in [0.15, 0.2) is 0 Å². The van der Waals surface area contributed by atoms with Crippen molar-refractivity contribution in [1.82, 2.24) is 5.32 Å². The first-order valence-corrected chi connectivity index (χ1v) is 10.4. The van der Waals surface area contributed by atoms with E-state index in [1.54, 1.807) is 0 Å². The predicted octanol–water partition coefficient (Wildman–Crippen LogP) is 4.07. The van der Waals surface area contributed by atoms with E-state index in [0.29, 0.717) is 44.2 Å². The van der Waals surface area contributed by atoms with Crippen molar-refractivity contribution in [2.45, 2.75) is 37.5 Å². The number of ether oxygens (including phenoxy) is 2. The molecule has 5 heteroatoms. The van der Waals surface area contributed by atoms with Crippen molar-refractivity contribution in [2.24, 2.45) is 0 Å². The maximum atomic E-state index is 13.1. The summed E-state index contributed by atoms with van der Waals surface area (Å²) in [7, 11) is 0. The molecule has 0 radical (unpaired) electrons. The molecule has 1 N–H and O–H groups in total. The molecule has 0 spiro atoms. The minimum atomic E-state index is -0.587. The summed E-state index contributed by atoms with van der Waals surface area (Å²) in [5, 5.41) is 3.72. The molecule has 0 saturated carbocycles. The highest BCUT2D eigenvalue weighted by Crippen LogP contribution is 2.36. The lowest BCUT2D eigenvalue weighted by Gasteiger charge is -2.36. The SMILES string of the molecule is O=C(NCCOc1ccc2c(c1)CCC2)C1(c2cccc(Cl)c2)CCOCC1. The second-order valence-electron chi connectivity index (χ2n) is 7.59. The number of carbonyl (C=O) groups is 1. The van der Waals surface area contributed by atoms with E-state index in [9.17, 15) is 4.79 Å². The lowest BCUT2D eigenvalue weighted by molar-refractivity contribution is -0.130. The first-order valence-electron chi connectivity index (χ1n) is 10.0. The molecule has 1 heterocycles. The third-order valence-electron chi connectivity index (χ3n) is 5.88. The van der Waals surface area contributed by atoms with Gasteiger partial charge in [-0.2, -0.15) is 0 Å². The number of halogens is 1. The molecular weight excluding hydrogens is 374 g/mol. The Labute approximate surface area is 171 Å². The van der Waals surface area contributed by atoms with E-state index in [0.717, 1.165) is 17.7 Å². The lowest BCUT2D eigenvalue weighted by atomic mass is 9.73. The Kier molecular flexibility index (Phi) is 5.88. The molecule has 2 aliphatic rings. The number of fused-ring (bicyclic) bond motifs is 1. The minimum Gasteiger partial charge on any atom is -0.492 e. The van der Waals surface area contributed by atoms with E-state index < -0.39 is 5.41 Å². The van der Waals surface area contributed by atoms with Crippen molar-refractivity contribution in [3.8, 4) is 5.75 Å². The van der Waals surface area contributed by atoms with Crippen LogP contribution in [0.25, 0.3) is 0 Å². The molecule has 148 valence electrons. The number of amides is 1. The molecule has 4 rings (SSSR count). The number of benzene rings is 2. The number of nitrogens with one attached hydrogen (secondary N) is 1. The maximum Gasteiger partial charge on any atom is 0.230 e. The molecule has 0 atom stereocenters. The molecule has 2 aromatic rings. The predicted molar refractivity (Wildman–Crippen MR) is 110 cm³/mol. The van der Waals surface area contributed by atoms with Crippen molar-refractivity contribution >= 4 is 17.5 Å². The quantitative estimate of drug-likeness (QED) is 0.745. The van der Waals surface area contributed by atoms with Gasteiger partial charge < -0.3 is 14.8 Å². The number of hydrogen-bond donors (Lipinski definition) is 1. The van der Waals surface area contributed by atoms with E-state index in [-0.39, 0.29) is 5.91 Å². The summed E-state index contributed by atoms with van der Waals surface area (Å²) >= 11 is 6.18. The first-order chi connectivity index (χ1) is 13.7. The average Bonchev–Trinajstić information content (AvgIpc) is 3.19. The van der Waals surface area contributed by atoms with Gasteiger partial charge in [-0.05, 0) is 73.1 Å². The van der Waals surface area contributed by atoms with Crippen molar-refractivity contribution in [3.63, 3.8) is 0 Å². The van der Waals surface area contributed by atoms with Crippen LogP contribution in [0.1, 0.15) is 36.0 Å². The highest BCUT2D eigenvalue weighted by atomic mass is 35.5. The smallest absolute Gasteiger partial charge is 0.230 e. The van der Waals surface area contributed by atoms with Gasteiger partial charge in [-0.1, -0.05) is 29.8 Å². The highest BCUT2D eigenvalue weighted by molar-refractivity contribution is 6.30. The first kappa shape index (κ1) is 19.3. The van der Waals surface area contributed by atoms with Gasteiger partial charge in [-0.15, -0.1) is 0 Å². The molecule has 1 aliphatic heterocycles. The van der Waals surface area contributed by atoms with Crippen LogP contribution in [0.4, 0.5) is 0 Å². The summed E-state index contributed by atoms with van der Waals surface area (Å²) < 4.78 is 11.4. The van der Waals surface area contributed by atoms with Crippen LogP contribution in [0.15, 0.2) is 42.5 Å². The van der Waals surface area contributed by atoms with Crippen LogP contribution in [0.3, 0.4) is 0 Å². The van der Waals surface area contributed by atoms with Crippen LogP contribution >= 0.6 is 11.6 Å². The number of rotatable bonds is 6. The molecule has 0 bridgehead atoms. The normalized spacial score (nSPS) is 17.8.